The van der Waals surface area contributed by atoms with Crippen molar-refractivity contribution in [3.63, 3.8) is 0 Å². The average molecular weight is 435 g/mol. The van der Waals surface area contributed by atoms with Crippen molar-refractivity contribution >= 4 is 52.1 Å². The predicted octanol–water partition coefficient (Wildman–Crippen LogP) is 7.35. The van der Waals surface area contributed by atoms with Crippen molar-refractivity contribution in [2.24, 2.45) is 10.2 Å². The molecule has 3 aromatic carbocycles. The lowest BCUT2D eigenvalue weighted by molar-refractivity contribution is 0.976. The highest BCUT2D eigenvalue weighted by molar-refractivity contribution is 8.11. The van der Waals surface area contributed by atoms with E-state index in [0.717, 1.165) is 16.8 Å². The van der Waals surface area contributed by atoms with Crippen molar-refractivity contribution in [2.45, 2.75) is 0 Å². The van der Waals surface area contributed by atoms with Crippen LogP contribution in [0.15, 0.2) is 95.2 Å². The van der Waals surface area contributed by atoms with Gasteiger partial charge in [0.2, 0.25) is 0 Å². The van der Waals surface area contributed by atoms with E-state index in [4.69, 9.17) is 28.9 Å². The van der Waals surface area contributed by atoms with Crippen LogP contribution in [0.3, 0.4) is 0 Å². The normalized spacial score (nSPS) is 11.1. The highest BCUT2D eigenvalue weighted by atomic mass is 35.5. The molecule has 4 nitrogen and oxygen atoms in total. The molecule has 4 rings (SSSR count). The SMILES string of the molecule is S=C(S)n1nc(-c2ccccc2)c(N=Nc2cccc(Cl)c2)c1-c1ccccc1. The van der Waals surface area contributed by atoms with E-state index in [9.17, 15) is 0 Å². The van der Waals surface area contributed by atoms with Crippen LogP contribution >= 0.6 is 36.4 Å². The standard InChI is InChI=1S/C22H15ClN4S2/c23-17-12-7-13-18(14-17)24-25-20-19(15-8-3-1-4-9-15)26-27(22(28)29)21(20)16-10-5-2-6-11-16/h1-14H,(H,28,29). The van der Waals surface area contributed by atoms with Crippen LogP contribution in [0, 0.1) is 0 Å². The summed E-state index contributed by atoms with van der Waals surface area (Å²) in [6.45, 7) is 0. The molecule has 142 valence electrons. The first kappa shape index (κ1) is 19.5. The molecule has 0 atom stereocenters. The van der Waals surface area contributed by atoms with Crippen molar-refractivity contribution in [2.75, 3.05) is 0 Å². The number of hydrogen-bond donors (Lipinski definition) is 1. The van der Waals surface area contributed by atoms with Crippen molar-refractivity contribution in [3.8, 4) is 22.5 Å². The minimum absolute atomic E-state index is 0.324. The van der Waals surface area contributed by atoms with Gasteiger partial charge in [0.1, 0.15) is 17.1 Å². The zero-order valence-corrected chi connectivity index (χ0v) is 17.6. The van der Waals surface area contributed by atoms with Crippen LogP contribution < -0.4 is 0 Å². The van der Waals surface area contributed by atoms with Crippen LogP contribution in [0.4, 0.5) is 11.4 Å². The lowest BCUT2D eigenvalue weighted by Crippen LogP contribution is -2.05. The summed E-state index contributed by atoms with van der Waals surface area (Å²) in [6, 6.07) is 26.8. The number of benzene rings is 3. The Labute approximate surface area is 184 Å². The summed E-state index contributed by atoms with van der Waals surface area (Å²) in [4.78, 5) is 0. The van der Waals surface area contributed by atoms with Gasteiger partial charge in [0.05, 0.1) is 5.69 Å². The maximum Gasteiger partial charge on any atom is 0.158 e. The van der Waals surface area contributed by atoms with E-state index in [-0.39, 0.29) is 0 Å². The zero-order chi connectivity index (χ0) is 20.2. The first-order chi connectivity index (χ1) is 14.1. The molecule has 0 radical (unpaired) electrons. The Morgan fingerprint density at radius 2 is 1.52 bits per heavy atom. The number of thiol groups is 1. The number of halogens is 1. The highest BCUT2D eigenvalue weighted by Gasteiger charge is 2.22. The summed E-state index contributed by atoms with van der Waals surface area (Å²) in [6.07, 6.45) is 0. The second-order valence-electron chi connectivity index (χ2n) is 6.15. The number of aromatic nitrogens is 2. The van der Waals surface area contributed by atoms with Gasteiger partial charge in [-0.05, 0) is 18.2 Å². The summed E-state index contributed by atoms with van der Waals surface area (Å²) in [5.41, 5.74) is 4.49. The van der Waals surface area contributed by atoms with Gasteiger partial charge in [-0.1, -0.05) is 90.5 Å². The van der Waals surface area contributed by atoms with Crippen LogP contribution in [0.2, 0.25) is 5.02 Å². The molecule has 0 aliphatic heterocycles. The molecular weight excluding hydrogens is 420 g/mol. The van der Waals surface area contributed by atoms with Crippen molar-refractivity contribution in [3.05, 3.63) is 90.0 Å². The molecule has 0 N–H and O–H groups in total. The molecule has 0 spiro atoms. The van der Waals surface area contributed by atoms with Gasteiger partial charge in [0, 0.05) is 16.1 Å². The second kappa shape index (κ2) is 8.69. The molecule has 0 aliphatic rings. The fourth-order valence-corrected chi connectivity index (χ4v) is 3.40. The number of nitrogens with zero attached hydrogens (tertiary/aromatic N) is 4. The zero-order valence-electron chi connectivity index (χ0n) is 15.1. The van der Waals surface area contributed by atoms with Gasteiger partial charge in [-0.2, -0.15) is 10.2 Å². The molecule has 0 aliphatic carbocycles. The van der Waals surface area contributed by atoms with E-state index < -0.39 is 0 Å². The van der Waals surface area contributed by atoms with Gasteiger partial charge in [-0.3, -0.25) is 0 Å². The monoisotopic (exact) mass is 434 g/mol. The molecule has 1 heterocycles. The number of rotatable bonds is 4. The van der Waals surface area contributed by atoms with E-state index >= 15 is 0 Å². The van der Waals surface area contributed by atoms with E-state index in [1.54, 1.807) is 16.8 Å². The molecule has 7 heteroatoms. The molecule has 0 fully saturated rings. The van der Waals surface area contributed by atoms with E-state index in [1.165, 1.54) is 0 Å². The summed E-state index contributed by atoms with van der Waals surface area (Å²) in [5.74, 6) is 0. The fourth-order valence-electron chi connectivity index (χ4n) is 2.93. The number of thiocarbonyl (C=S) groups is 1. The summed E-state index contributed by atoms with van der Waals surface area (Å²) < 4.78 is 1.94. The predicted molar refractivity (Wildman–Crippen MR) is 126 cm³/mol. The fraction of sp³-hybridized carbons (Fsp3) is 0. The Hall–Kier alpha value is -2.80. The van der Waals surface area contributed by atoms with Crippen molar-refractivity contribution in [1.82, 2.24) is 9.78 Å². The highest BCUT2D eigenvalue weighted by Crippen LogP contribution is 2.40. The molecule has 29 heavy (non-hydrogen) atoms. The van der Waals surface area contributed by atoms with Crippen molar-refractivity contribution < 1.29 is 0 Å². The van der Waals surface area contributed by atoms with Crippen LogP contribution in [-0.2, 0) is 0 Å². The van der Waals surface area contributed by atoms with Gasteiger partial charge < -0.3 is 0 Å². The third kappa shape index (κ3) is 4.29. The molecule has 0 amide bonds. The van der Waals surface area contributed by atoms with Gasteiger partial charge >= 0.3 is 0 Å². The van der Waals surface area contributed by atoms with E-state index in [2.05, 4.69) is 22.9 Å². The molecular formula is C22H15ClN4S2. The molecule has 0 unspecified atom stereocenters. The minimum Gasteiger partial charge on any atom is -0.213 e. The van der Waals surface area contributed by atoms with Crippen molar-refractivity contribution in [1.29, 1.82) is 0 Å². The molecule has 0 saturated heterocycles. The quantitative estimate of drug-likeness (QED) is 0.207. The van der Waals surface area contributed by atoms with Crippen LogP contribution in [0.25, 0.3) is 22.5 Å². The van der Waals surface area contributed by atoms with E-state index in [0.29, 0.717) is 26.4 Å². The smallest absolute Gasteiger partial charge is 0.158 e. The Morgan fingerprint density at radius 3 is 2.14 bits per heavy atom. The minimum atomic E-state index is 0.324. The topological polar surface area (TPSA) is 42.5 Å². The molecule has 4 aromatic rings. The maximum absolute atomic E-state index is 6.08. The first-order valence-electron chi connectivity index (χ1n) is 8.78. The lowest BCUT2D eigenvalue weighted by Gasteiger charge is -2.05. The third-order valence-electron chi connectivity index (χ3n) is 4.21. The lowest BCUT2D eigenvalue weighted by atomic mass is 10.1. The summed E-state index contributed by atoms with van der Waals surface area (Å²) in [5, 5.41) is 14.3. The van der Waals surface area contributed by atoms with Gasteiger partial charge in [0.25, 0.3) is 0 Å². The van der Waals surface area contributed by atoms with Gasteiger partial charge in [-0.25, -0.2) is 4.68 Å². The largest absolute Gasteiger partial charge is 0.213 e. The summed E-state index contributed by atoms with van der Waals surface area (Å²) in [7, 11) is 0. The van der Waals surface area contributed by atoms with E-state index in [1.807, 2.05) is 72.8 Å². The third-order valence-corrected chi connectivity index (χ3v) is 4.81. The van der Waals surface area contributed by atoms with Crippen LogP contribution in [0.5, 0.6) is 0 Å². The maximum atomic E-state index is 6.08. The Balaban J connectivity index is 1.96. The summed E-state index contributed by atoms with van der Waals surface area (Å²) >= 11 is 15.8. The van der Waals surface area contributed by atoms with Gasteiger partial charge in [0.15, 0.2) is 4.32 Å². The average Bonchev–Trinajstić information content (AvgIpc) is 3.13. The van der Waals surface area contributed by atoms with Crippen LogP contribution in [0.1, 0.15) is 0 Å². The molecule has 0 bridgehead atoms. The second-order valence-corrected chi connectivity index (χ2v) is 7.70. The number of azo groups is 1. The Morgan fingerprint density at radius 1 is 0.862 bits per heavy atom. The van der Waals surface area contributed by atoms with Crippen LogP contribution in [-0.4, -0.2) is 14.1 Å². The first-order valence-corrected chi connectivity index (χ1v) is 10.0. The Kier molecular flexibility index (Phi) is 5.85. The Bertz CT molecular complexity index is 1190. The van der Waals surface area contributed by atoms with Gasteiger partial charge in [-0.15, -0.1) is 17.7 Å². The molecule has 1 aromatic heterocycles. The molecule has 0 saturated carbocycles. The number of hydrogen-bond acceptors (Lipinski definition) is 4.